The van der Waals surface area contributed by atoms with Crippen LogP contribution in [0.15, 0.2) is 6.33 Å². The zero-order chi connectivity index (χ0) is 20.3. The highest BCUT2D eigenvalue weighted by atomic mass is 35.6. The third kappa shape index (κ3) is 4.97. The summed E-state index contributed by atoms with van der Waals surface area (Å²) in [5.74, 6) is -0.0136. The predicted molar refractivity (Wildman–Crippen MR) is 105 cm³/mol. The Morgan fingerprint density at radius 3 is 2.71 bits per heavy atom. The normalized spacial score (nSPS) is 16.8. The molecule has 5 N–H and O–H groups in total. The first-order valence-electron chi connectivity index (χ1n) is 8.31. The Morgan fingerprint density at radius 1 is 1.32 bits per heavy atom. The summed E-state index contributed by atoms with van der Waals surface area (Å²) < 4.78 is 9.87. The molecule has 1 saturated heterocycles. The molecule has 1 atom stereocenters. The van der Waals surface area contributed by atoms with E-state index in [1.165, 1.54) is 10.9 Å². The number of halogens is 3. The predicted octanol–water partition coefficient (Wildman–Crippen LogP) is 0.918. The lowest BCUT2D eigenvalue weighted by Crippen LogP contribution is -2.42. The van der Waals surface area contributed by atoms with Crippen LogP contribution in [0.25, 0.3) is 11.2 Å². The number of nitrogens with two attached hydrogens (primary N) is 2. The Balaban J connectivity index is 1.70. The molecular weight excluding hydrogens is 435 g/mol. The van der Waals surface area contributed by atoms with E-state index in [-0.39, 0.29) is 29.5 Å². The Morgan fingerprint density at radius 2 is 2.04 bits per heavy atom. The van der Waals surface area contributed by atoms with E-state index in [0.717, 1.165) is 13.1 Å². The number of hydrogen-bond acceptors (Lipinski definition) is 9. The molecular formula is C14H19Cl3N8O3. The van der Waals surface area contributed by atoms with Crippen LogP contribution in [0, 0.1) is 0 Å². The van der Waals surface area contributed by atoms with Crippen molar-refractivity contribution in [2.24, 2.45) is 0 Å². The van der Waals surface area contributed by atoms with Gasteiger partial charge in [-0.2, -0.15) is 9.97 Å². The van der Waals surface area contributed by atoms with Crippen LogP contribution in [0.4, 0.5) is 16.6 Å². The zero-order valence-electron chi connectivity index (χ0n) is 14.6. The second kappa shape index (κ2) is 8.70. The van der Waals surface area contributed by atoms with E-state index in [0.29, 0.717) is 19.8 Å². The fourth-order valence-electron chi connectivity index (χ4n) is 2.70. The molecule has 28 heavy (non-hydrogen) atoms. The Hall–Kier alpha value is -1.79. The third-order valence-electron chi connectivity index (χ3n) is 4.05. The van der Waals surface area contributed by atoms with Gasteiger partial charge in [-0.05, 0) is 0 Å². The van der Waals surface area contributed by atoms with E-state index in [1.54, 1.807) is 0 Å². The van der Waals surface area contributed by atoms with Crippen LogP contribution in [0.5, 0.6) is 0 Å². The molecule has 1 aliphatic rings. The summed E-state index contributed by atoms with van der Waals surface area (Å²) in [6.45, 7) is 3.62. The van der Waals surface area contributed by atoms with E-state index in [4.69, 9.17) is 55.7 Å². The molecule has 1 fully saturated rings. The number of carbonyl (C=O) groups excluding carboxylic acids is 1. The molecule has 3 rings (SSSR count). The van der Waals surface area contributed by atoms with Crippen LogP contribution in [-0.2, 0) is 9.47 Å². The summed E-state index contributed by atoms with van der Waals surface area (Å²) in [5.41, 5.74) is 11.9. The van der Waals surface area contributed by atoms with E-state index in [1.807, 2.05) is 0 Å². The number of rotatable bonds is 5. The molecule has 0 aromatic carbocycles. The van der Waals surface area contributed by atoms with Gasteiger partial charge in [0.2, 0.25) is 9.74 Å². The van der Waals surface area contributed by atoms with Gasteiger partial charge in [-0.25, -0.2) is 9.78 Å². The number of carbonyl (C=O) groups is 1. The van der Waals surface area contributed by atoms with Crippen molar-refractivity contribution in [3.8, 4) is 0 Å². The van der Waals surface area contributed by atoms with Crippen molar-refractivity contribution >= 4 is 63.8 Å². The Labute approximate surface area is 175 Å². The van der Waals surface area contributed by atoms with Crippen molar-refractivity contribution in [3.05, 3.63) is 6.33 Å². The topological polar surface area (TPSA) is 146 Å². The second-order valence-electron chi connectivity index (χ2n) is 5.97. The first-order valence-corrected chi connectivity index (χ1v) is 9.44. The third-order valence-corrected chi connectivity index (χ3v) is 4.67. The number of alkyl halides is 3. The van der Waals surface area contributed by atoms with E-state index in [2.05, 4.69) is 25.2 Å². The van der Waals surface area contributed by atoms with Crippen molar-refractivity contribution in [2.45, 2.75) is 9.96 Å². The maximum absolute atomic E-state index is 12.2. The van der Waals surface area contributed by atoms with E-state index < -0.39 is 16.1 Å². The van der Waals surface area contributed by atoms with Gasteiger partial charge in [-0.1, -0.05) is 34.8 Å². The number of nitrogens with one attached hydrogen (secondary N) is 1. The number of amides is 1. The van der Waals surface area contributed by atoms with E-state index >= 15 is 0 Å². The number of nitrogen functional groups attached to an aromatic ring is 2. The standard InChI is InChI=1S/C14H19Cl3N8O3/c15-14(16,17)11(23-13(26)28-6-3-24-1-4-27-5-2-24)25-7-20-8-9(18)21-12(19)22-10(8)25/h7,11H,1-6H2,(H,23,26)(H4,18,19,21,22). The smallest absolute Gasteiger partial charge is 0.408 e. The first-order chi connectivity index (χ1) is 13.3. The Bertz CT molecular complexity index is 837. The Kier molecular flexibility index (Phi) is 6.50. The lowest BCUT2D eigenvalue weighted by molar-refractivity contribution is 0.0277. The van der Waals surface area contributed by atoms with Crippen molar-refractivity contribution in [1.82, 2.24) is 29.7 Å². The number of hydrogen-bond donors (Lipinski definition) is 3. The molecule has 0 spiro atoms. The molecule has 14 heteroatoms. The van der Waals surface area contributed by atoms with Gasteiger partial charge in [0.1, 0.15) is 12.1 Å². The quantitative estimate of drug-likeness (QED) is 0.562. The summed E-state index contributed by atoms with van der Waals surface area (Å²) >= 11 is 18.2. The van der Waals surface area contributed by atoms with Gasteiger partial charge in [0.25, 0.3) is 0 Å². The van der Waals surface area contributed by atoms with Crippen molar-refractivity contribution < 1.29 is 14.3 Å². The minimum Gasteiger partial charge on any atom is -0.448 e. The molecule has 0 bridgehead atoms. The zero-order valence-corrected chi connectivity index (χ0v) is 16.9. The van der Waals surface area contributed by atoms with Crippen LogP contribution in [0.1, 0.15) is 6.17 Å². The van der Waals surface area contributed by atoms with Crippen molar-refractivity contribution in [3.63, 3.8) is 0 Å². The number of imidazole rings is 1. The number of morpholine rings is 1. The van der Waals surface area contributed by atoms with Crippen LogP contribution < -0.4 is 16.8 Å². The molecule has 11 nitrogen and oxygen atoms in total. The second-order valence-corrected chi connectivity index (χ2v) is 8.34. The van der Waals surface area contributed by atoms with Crippen molar-refractivity contribution in [2.75, 3.05) is 50.9 Å². The monoisotopic (exact) mass is 452 g/mol. The molecule has 1 aliphatic heterocycles. The molecule has 0 radical (unpaired) electrons. The lowest BCUT2D eigenvalue weighted by Gasteiger charge is -2.28. The molecule has 2 aromatic heterocycles. The van der Waals surface area contributed by atoms with Crippen LogP contribution in [0.3, 0.4) is 0 Å². The molecule has 154 valence electrons. The summed E-state index contributed by atoms with van der Waals surface area (Å²) in [5, 5.41) is 2.51. The number of ether oxygens (including phenoxy) is 2. The van der Waals surface area contributed by atoms with Gasteiger partial charge in [-0.15, -0.1) is 0 Å². The highest BCUT2D eigenvalue weighted by molar-refractivity contribution is 6.68. The lowest BCUT2D eigenvalue weighted by atomic mass is 10.4. The molecule has 0 aliphatic carbocycles. The van der Waals surface area contributed by atoms with Gasteiger partial charge in [0.15, 0.2) is 17.6 Å². The minimum absolute atomic E-state index is 0.0670. The number of nitrogens with zero attached hydrogens (tertiary/aromatic N) is 5. The van der Waals surface area contributed by atoms with Crippen molar-refractivity contribution in [1.29, 1.82) is 0 Å². The summed E-state index contributed by atoms with van der Waals surface area (Å²) in [7, 11) is 0. The van der Waals surface area contributed by atoms with Gasteiger partial charge in [0, 0.05) is 19.6 Å². The van der Waals surface area contributed by atoms with Gasteiger partial charge >= 0.3 is 6.09 Å². The maximum Gasteiger partial charge on any atom is 0.408 e. The average Bonchev–Trinajstić information content (AvgIpc) is 3.03. The van der Waals surface area contributed by atoms with Crippen LogP contribution in [-0.4, -0.2) is 73.8 Å². The highest BCUT2D eigenvalue weighted by Gasteiger charge is 2.37. The van der Waals surface area contributed by atoms with Gasteiger partial charge in [0.05, 0.1) is 19.5 Å². The molecule has 2 aromatic rings. The number of anilines is 2. The molecule has 0 saturated carbocycles. The molecule has 1 unspecified atom stereocenters. The molecule has 3 heterocycles. The maximum atomic E-state index is 12.2. The van der Waals surface area contributed by atoms with Gasteiger partial charge < -0.3 is 20.9 Å². The molecule has 1 amide bonds. The fraction of sp³-hybridized carbons (Fsp3) is 0.571. The van der Waals surface area contributed by atoms with Crippen LogP contribution in [0.2, 0.25) is 0 Å². The fourth-order valence-corrected chi connectivity index (χ4v) is 3.18. The number of aromatic nitrogens is 4. The largest absolute Gasteiger partial charge is 0.448 e. The highest BCUT2D eigenvalue weighted by Crippen LogP contribution is 2.38. The summed E-state index contributed by atoms with van der Waals surface area (Å²) in [6, 6.07) is 0. The summed E-state index contributed by atoms with van der Waals surface area (Å²) in [4.78, 5) is 26.3. The van der Waals surface area contributed by atoms with E-state index in [9.17, 15) is 4.79 Å². The number of alkyl carbamates (subject to hydrolysis) is 1. The average molecular weight is 454 g/mol. The first kappa shape index (κ1) is 20.9. The SMILES string of the molecule is Nc1nc(N)c2ncn(C(NC(=O)OCCN3CCOCC3)C(Cl)(Cl)Cl)c2n1. The van der Waals surface area contributed by atoms with Crippen LogP contribution >= 0.6 is 34.8 Å². The minimum atomic E-state index is -1.94. The van der Waals surface area contributed by atoms with Gasteiger partial charge in [-0.3, -0.25) is 14.8 Å². The number of fused-ring (bicyclic) bond motifs is 1. The summed E-state index contributed by atoms with van der Waals surface area (Å²) in [6.07, 6.45) is -0.621.